The lowest BCUT2D eigenvalue weighted by molar-refractivity contribution is -0.119. The molecule has 0 radical (unpaired) electrons. The summed E-state index contributed by atoms with van der Waals surface area (Å²) < 4.78 is 38.4. The fourth-order valence-electron chi connectivity index (χ4n) is 3.53. The molecule has 4 aromatic carbocycles. The van der Waals surface area contributed by atoms with Crippen molar-refractivity contribution < 1.29 is 17.6 Å². The van der Waals surface area contributed by atoms with Crippen molar-refractivity contribution in [1.82, 2.24) is 5.43 Å². The number of rotatable bonds is 6. The van der Waals surface area contributed by atoms with Crippen LogP contribution in [0.15, 0.2) is 84.0 Å². The van der Waals surface area contributed by atoms with Gasteiger partial charge in [0.1, 0.15) is 12.4 Å². The highest BCUT2D eigenvalue weighted by atomic mass is 32.2. The third-order valence-electron chi connectivity index (χ3n) is 5.00. The molecule has 8 heteroatoms. The molecule has 0 aliphatic rings. The highest BCUT2D eigenvalue weighted by molar-refractivity contribution is 7.92. The van der Waals surface area contributed by atoms with E-state index in [1.54, 1.807) is 6.21 Å². The van der Waals surface area contributed by atoms with Gasteiger partial charge in [0.15, 0.2) is 0 Å². The third-order valence-corrected chi connectivity index (χ3v) is 6.14. The van der Waals surface area contributed by atoms with Gasteiger partial charge in [-0.05, 0) is 51.9 Å². The number of fused-ring (bicyclic) bond motifs is 2. The van der Waals surface area contributed by atoms with Gasteiger partial charge in [0.05, 0.1) is 18.2 Å². The summed E-state index contributed by atoms with van der Waals surface area (Å²) in [5.74, 6) is -1.13. The Kier molecular flexibility index (Phi) is 5.87. The van der Waals surface area contributed by atoms with E-state index in [4.69, 9.17) is 0 Å². The van der Waals surface area contributed by atoms with Crippen molar-refractivity contribution >= 4 is 49.4 Å². The quantitative estimate of drug-likeness (QED) is 0.274. The number of benzene rings is 4. The summed E-state index contributed by atoms with van der Waals surface area (Å²) in [6.07, 6.45) is 2.54. The molecule has 0 aliphatic carbocycles. The Bertz CT molecular complexity index is 1380. The van der Waals surface area contributed by atoms with Gasteiger partial charge >= 0.3 is 0 Å². The molecule has 0 atom stereocenters. The third kappa shape index (κ3) is 4.60. The Balaban J connectivity index is 1.59. The van der Waals surface area contributed by atoms with Crippen LogP contribution in [0.1, 0.15) is 5.56 Å². The van der Waals surface area contributed by atoms with E-state index < -0.39 is 28.3 Å². The van der Waals surface area contributed by atoms with Gasteiger partial charge in [-0.3, -0.25) is 9.10 Å². The van der Waals surface area contributed by atoms with Crippen LogP contribution in [0, 0.1) is 5.82 Å². The minimum atomic E-state index is -3.76. The van der Waals surface area contributed by atoms with Crippen molar-refractivity contribution in [2.45, 2.75) is 0 Å². The molecule has 0 unspecified atom stereocenters. The van der Waals surface area contributed by atoms with Gasteiger partial charge in [-0.2, -0.15) is 5.10 Å². The van der Waals surface area contributed by atoms with Crippen molar-refractivity contribution in [2.75, 3.05) is 17.1 Å². The lowest BCUT2D eigenvalue weighted by Crippen LogP contribution is -2.39. The molecule has 0 bridgehead atoms. The molecule has 0 heterocycles. The maximum absolute atomic E-state index is 13.2. The number of hydrogen-bond donors (Lipinski definition) is 1. The molecule has 0 spiro atoms. The van der Waals surface area contributed by atoms with Gasteiger partial charge in [0.25, 0.3) is 5.91 Å². The Labute approximate surface area is 185 Å². The number of hydrogen-bond acceptors (Lipinski definition) is 4. The molecule has 4 rings (SSSR count). The number of nitrogens with zero attached hydrogens (tertiary/aromatic N) is 2. The summed E-state index contributed by atoms with van der Waals surface area (Å²) in [5.41, 5.74) is 3.43. The zero-order chi connectivity index (χ0) is 22.7. The van der Waals surface area contributed by atoms with Crippen molar-refractivity contribution in [3.8, 4) is 0 Å². The Hall–Kier alpha value is -3.78. The molecule has 0 saturated carbocycles. The Morgan fingerprint density at radius 2 is 1.53 bits per heavy atom. The van der Waals surface area contributed by atoms with E-state index in [1.807, 2.05) is 48.5 Å². The fraction of sp³-hybridized carbons (Fsp3) is 0.0833. The summed E-state index contributed by atoms with van der Waals surface area (Å²) in [7, 11) is -3.76. The second kappa shape index (κ2) is 8.76. The second-order valence-corrected chi connectivity index (χ2v) is 9.18. The smallest absolute Gasteiger partial charge is 0.260 e. The first kappa shape index (κ1) is 21.5. The van der Waals surface area contributed by atoms with Gasteiger partial charge in [0, 0.05) is 5.56 Å². The first-order valence-corrected chi connectivity index (χ1v) is 11.6. The number of sulfonamides is 1. The van der Waals surface area contributed by atoms with E-state index in [9.17, 15) is 17.6 Å². The van der Waals surface area contributed by atoms with Crippen molar-refractivity contribution in [2.24, 2.45) is 5.10 Å². The van der Waals surface area contributed by atoms with Crippen LogP contribution in [-0.2, 0) is 14.8 Å². The molecule has 32 heavy (non-hydrogen) atoms. The lowest BCUT2D eigenvalue weighted by atomic mass is 9.97. The summed E-state index contributed by atoms with van der Waals surface area (Å²) in [4.78, 5) is 12.5. The predicted octanol–water partition coefficient (Wildman–Crippen LogP) is 4.05. The van der Waals surface area contributed by atoms with E-state index in [0.29, 0.717) is 0 Å². The van der Waals surface area contributed by atoms with Crippen molar-refractivity contribution in [1.29, 1.82) is 0 Å². The zero-order valence-electron chi connectivity index (χ0n) is 17.2. The lowest BCUT2D eigenvalue weighted by Gasteiger charge is -2.21. The van der Waals surface area contributed by atoms with Crippen molar-refractivity contribution in [3.63, 3.8) is 0 Å². The SMILES string of the molecule is CS(=O)(=O)N(CC(=O)N/N=C/c1c2ccccc2cc2ccccc12)c1ccc(F)cc1. The highest BCUT2D eigenvalue weighted by Gasteiger charge is 2.20. The molecule has 0 saturated heterocycles. The molecule has 0 aromatic heterocycles. The summed E-state index contributed by atoms with van der Waals surface area (Å²) in [6, 6.07) is 22.7. The van der Waals surface area contributed by atoms with Crippen LogP contribution in [0.4, 0.5) is 10.1 Å². The number of carbonyl (C=O) groups is 1. The zero-order valence-corrected chi connectivity index (χ0v) is 18.0. The van der Waals surface area contributed by atoms with Crippen LogP contribution in [0.3, 0.4) is 0 Å². The number of amides is 1. The molecular weight excluding hydrogens is 429 g/mol. The number of carbonyl (C=O) groups excluding carboxylic acids is 1. The summed E-state index contributed by atoms with van der Waals surface area (Å²) >= 11 is 0. The first-order valence-electron chi connectivity index (χ1n) is 9.78. The molecule has 0 aliphatic heterocycles. The summed E-state index contributed by atoms with van der Waals surface area (Å²) in [6.45, 7) is -0.488. The number of hydrazone groups is 1. The molecule has 162 valence electrons. The average Bonchev–Trinajstić information content (AvgIpc) is 2.77. The Morgan fingerprint density at radius 1 is 0.969 bits per heavy atom. The molecule has 4 aromatic rings. The van der Waals surface area contributed by atoms with Crippen LogP contribution in [0.25, 0.3) is 21.5 Å². The van der Waals surface area contributed by atoms with Crippen LogP contribution < -0.4 is 9.73 Å². The van der Waals surface area contributed by atoms with Gasteiger partial charge < -0.3 is 0 Å². The van der Waals surface area contributed by atoms with Gasteiger partial charge in [0.2, 0.25) is 10.0 Å². The van der Waals surface area contributed by atoms with Gasteiger partial charge in [-0.1, -0.05) is 48.5 Å². The number of halogens is 1. The second-order valence-electron chi connectivity index (χ2n) is 7.27. The van der Waals surface area contributed by atoms with E-state index in [1.165, 1.54) is 12.1 Å². The van der Waals surface area contributed by atoms with Crippen LogP contribution in [-0.4, -0.2) is 33.3 Å². The minimum Gasteiger partial charge on any atom is -0.271 e. The molecule has 6 nitrogen and oxygen atoms in total. The Morgan fingerprint density at radius 3 is 2.09 bits per heavy atom. The van der Waals surface area contributed by atoms with Gasteiger partial charge in [-0.25, -0.2) is 18.2 Å². The predicted molar refractivity (Wildman–Crippen MR) is 126 cm³/mol. The van der Waals surface area contributed by atoms with Gasteiger partial charge in [-0.15, -0.1) is 0 Å². The topological polar surface area (TPSA) is 78.8 Å². The van der Waals surface area contributed by atoms with Crippen LogP contribution in [0.2, 0.25) is 0 Å². The number of anilines is 1. The normalized spacial score (nSPS) is 11.8. The summed E-state index contributed by atoms with van der Waals surface area (Å²) in [5, 5.41) is 8.12. The van der Waals surface area contributed by atoms with Crippen molar-refractivity contribution in [3.05, 3.63) is 90.2 Å². The molecule has 1 N–H and O–H groups in total. The fourth-order valence-corrected chi connectivity index (χ4v) is 4.39. The number of nitrogens with one attached hydrogen (secondary N) is 1. The van der Waals surface area contributed by atoms with E-state index in [-0.39, 0.29) is 5.69 Å². The minimum absolute atomic E-state index is 0.188. The van der Waals surface area contributed by atoms with Crippen LogP contribution in [0.5, 0.6) is 0 Å². The average molecular weight is 450 g/mol. The highest BCUT2D eigenvalue weighted by Crippen LogP contribution is 2.27. The van der Waals surface area contributed by atoms with E-state index in [0.717, 1.165) is 49.8 Å². The maximum Gasteiger partial charge on any atom is 0.260 e. The molecule has 1 amide bonds. The maximum atomic E-state index is 13.2. The first-order chi connectivity index (χ1) is 15.3. The van der Waals surface area contributed by atoms with E-state index in [2.05, 4.69) is 16.6 Å². The molecular formula is C24H20FN3O3S. The standard InChI is InChI=1S/C24H20FN3O3S/c1-32(30,31)28(20-12-10-19(25)11-13-20)16-24(29)27-26-15-23-21-8-4-2-6-17(21)14-18-7-3-5-9-22(18)23/h2-15H,16H2,1H3,(H,27,29)/b26-15+. The van der Waals surface area contributed by atoms with E-state index >= 15 is 0 Å². The molecule has 0 fully saturated rings. The monoisotopic (exact) mass is 449 g/mol. The largest absolute Gasteiger partial charge is 0.271 e. The van der Waals surface area contributed by atoms with Crippen LogP contribution >= 0.6 is 0 Å².